The molecule has 3 rings (SSSR count). The summed E-state index contributed by atoms with van der Waals surface area (Å²) in [7, 11) is 3.42. The number of ether oxygens (including phenoxy) is 2. The predicted octanol–water partition coefficient (Wildman–Crippen LogP) is 4.60. The van der Waals surface area contributed by atoms with Crippen LogP contribution in [0, 0.1) is 0 Å². The van der Waals surface area contributed by atoms with Crippen LogP contribution in [-0.4, -0.2) is 43.1 Å². The Kier molecular flexibility index (Phi) is 7.33. The first-order valence-corrected chi connectivity index (χ1v) is 10.7. The summed E-state index contributed by atoms with van der Waals surface area (Å²) in [6.45, 7) is 0.915. The van der Waals surface area contributed by atoms with E-state index in [4.69, 9.17) is 9.47 Å². The lowest BCUT2D eigenvalue weighted by Gasteiger charge is -2.19. The maximum absolute atomic E-state index is 12.9. The van der Waals surface area contributed by atoms with Crippen LogP contribution in [-0.2, 0) is 5.75 Å². The van der Waals surface area contributed by atoms with E-state index < -0.39 is 0 Å². The van der Waals surface area contributed by atoms with Crippen molar-refractivity contribution in [2.45, 2.75) is 10.6 Å². The van der Waals surface area contributed by atoms with Gasteiger partial charge in [0.25, 0.3) is 5.91 Å². The molecule has 0 atom stereocenters. The van der Waals surface area contributed by atoms with E-state index in [0.717, 1.165) is 27.8 Å². The molecular weight excluding hydrogens is 392 g/mol. The lowest BCUT2D eigenvalue weighted by atomic mass is 10.2. The molecule has 1 amide bonds. The zero-order valence-electron chi connectivity index (χ0n) is 15.8. The number of amides is 1. The van der Waals surface area contributed by atoms with E-state index in [1.54, 1.807) is 42.2 Å². The molecule has 0 unspecified atom stereocenters. The Morgan fingerprint density at radius 2 is 1.89 bits per heavy atom. The number of thioether (sulfide) groups is 1. The van der Waals surface area contributed by atoms with E-state index in [2.05, 4.69) is 4.98 Å². The molecule has 1 aromatic heterocycles. The summed E-state index contributed by atoms with van der Waals surface area (Å²) in [5.41, 5.74) is 3.55. The average Bonchev–Trinajstić information content (AvgIpc) is 3.26. The van der Waals surface area contributed by atoms with E-state index in [-0.39, 0.29) is 5.91 Å². The highest BCUT2D eigenvalue weighted by molar-refractivity contribution is 7.98. The van der Waals surface area contributed by atoms with Gasteiger partial charge in [-0.3, -0.25) is 4.79 Å². The Balaban J connectivity index is 1.55. The van der Waals surface area contributed by atoms with Crippen LogP contribution in [0.15, 0.2) is 64.3 Å². The molecule has 1 heterocycles. The van der Waals surface area contributed by atoms with Crippen molar-refractivity contribution in [2.75, 3.05) is 27.3 Å². The summed E-state index contributed by atoms with van der Waals surface area (Å²) in [6, 6.07) is 15.1. The molecule has 0 aliphatic carbocycles. The smallest absolute Gasteiger partial charge is 0.254 e. The Morgan fingerprint density at radius 1 is 1.14 bits per heavy atom. The quantitative estimate of drug-likeness (QED) is 0.479. The van der Waals surface area contributed by atoms with Crippen LogP contribution in [0.25, 0.3) is 0 Å². The van der Waals surface area contributed by atoms with Crippen LogP contribution in [0.3, 0.4) is 0 Å². The van der Waals surface area contributed by atoms with Crippen molar-refractivity contribution in [1.29, 1.82) is 0 Å². The minimum atomic E-state index is -0.0142. The number of hydrogen-bond donors (Lipinski definition) is 0. The topological polar surface area (TPSA) is 51.7 Å². The van der Waals surface area contributed by atoms with Gasteiger partial charge >= 0.3 is 0 Å². The highest BCUT2D eigenvalue weighted by Crippen LogP contribution is 2.27. The molecule has 0 saturated carbocycles. The van der Waals surface area contributed by atoms with Gasteiger partial charge in [0.2, 0.25) is 0 Å². The van der Waals surface area contributed by atoms with Crippen molar-refractivity contribution in [3.05, 3.63) is 70.7 Å². The van der Waals surface area contributed by atoms with Gasteiger partial charge in [0.15, 0.2) is 0 Å². The molecule has 3 aromatic rings. The maximum Gasteiger partial charge on any atom is 0.254 e. The molecular formula is C21H22N2O3S2. The Bertz CT molecular complexity index is 883. The normalized spacial score (nSPS) is 10.5. The summed E-state index contributed by atoms with van der Waals surface area (Å²) in [5, 5.41) is 2.03. The van der Waals surface area contributed by atoms with Gasteiger partial charge in [0.05, 0.1) is 30.4 Å². The number of rotatable bonds is 9. The Hall–Kier alpha value is -2.51. The molecule has 0 N–H and O–H groups in total. The van der Waals surface area contributed by atoms with Crippen molar-refractivity contribution in [3.8, 4) is 11.5 Å². The Labute approximate surface area is 173 Å². The minimum Gasteiger partial charge on any atom is -0.497 e. The van der Waals surface area contributed by atoms with Gasteiger partial charge in [-0.05, 0) is 36.4 Å². The molecule has 146 valence electrons. The third kappa shape index (κ3) is 5.50. The largest absolute Gasteiger partial charge is 0.497 e. The second-order valence-electron chi connectivity index (χ2n) is 6.02. The van der Waals surface area contributed by atoms with Gasteiger partial charge in [-0.25, -0.2) is 4.98 Å². The molecule has 7 heteroatoms. The first kappa shape index (κ1) is 20.2. The molecule has 5 nitrogen and oxygen atoms in total. The van der Waals surface area contributed by atoms with Gasteiger partial charge in [-0.2, -0.15) is 0 Å². The summed E-state index contributed by atoms with van der Waals surface area (Å²) >= 11 is 3.21. The summed E-state index contributed by atoms with van der Waals surface area (Å²) < 4.78 is 10.9. The fraction of sp³-hybridized carbons (Fsp3) is 0.238. The van der Waals surface area contributed by atoms with Crippen molar-refractivity contribution < 1.29 is 14.3 Å². The summed E-state index contributed by atoms with van der Waals surface area (Å²) in [5.74, 6) is 2.27. The zero-order valence-corrected chi connectivity index (χ0v) is 17.5. The number of methoxy groups -OCH3 is 1. The first-order valence-electron chi connectivity index (χ1n) is 8.78. The number of nitrogens with zero attached hydrogens (tertiary/aromatic N) is 2. The van der Waals surface area contributed by atoms with Crippen molar-refractivity contribution in [1.82, 2.24) is 9.88 Å². The molecule has 0 saturated heterocycles. The van der Waals surface area contributed by atoms with E-state index in [1.165, 1.54) is 0 Å². The number of carbonyl (C=O) groups is 1. The van der Waals surface area contributed by atoms with E-state index in [1.807, 2.05) is 59.4 Å². The molecule has 0 aliphatic rings. The van der Waals surface area contributed by atoms with Gasteiger partial charge in [0, 0.05) is 23.1 Å². The summed E-state index contributed by atoms with van der Waals surface area (Å²) in [4.78, 5) is 19.8. The van der Waals surface area contributed by atoms with Gasteiger partial charge < -0.3 is 14.4 Å². The second kappa shape index (κ2) is 10.1. The van der Waals surface area contributed by atoms with Crippen molar-refractivity contribution >= 4 is 29.0 Å². The Morgan fingerprint density at radius 3 is 2.61 bits per heavy atom. The molecule has 28 heavy (non-hydrogen) atoms. The number of thiazole rings is 1. The second-order valence-corrected chi connectivity index (χ2v) is 7.75. The third-order valence-electron chi connectivity index (χ3n) is 4.08. The van der Waals surface area contributed by atoms with Gasteiger partial charge in [-0.1, -0.05) is 12.1 Å². The fourth-order valence-corrected chi connectivity index (χ4v) is 4.12. The summed E-state index contributed by atoms with van der Waals surface area (Å²) in [6.07, 6.45) is 0. The van der Waals surface area contributed by atoms with Crippen LogP contribution >= 0.6 is 23.1 Å². The molecule has 0 aliphatic heterocycles. The van der Waals surface area contributed by atoms with Gasteiger partial charge in [0.1, 0.15) is 18.1 Å². The van der Waals surface area contributed by atoms with Crippen molar-refractivity contribution in [3.63, 3.8) is 0 Å². The average molecular weight is 415 g/mol. The van der Waals surface area contributed by atoms with E-state index in [0.29, 0.717) is 18.7 Å². The zero-order chi connectivity index (χ0) is 19.8. The van der Waals surface area contributed by atoms with Crippen LogP contribution in [0.4, 0.5) is 0 Å². The molecule has 0 spiro atoms. The van der Waals surface area contributed by atoms with Crippen LogP contribution < -0.4 is 9.47 Å². The number of hydrogen-bond acceptors (Lipinski definition) is 6. The lowest BCUT2D eigenvalue weighted by molar-refractivity contribution is 0.0770. The minimum absolute atomic E-state index is 0.0142. The van der Waals surface area contributed by atoms with Crippen LogP contribution in [0.5, 0.6) is 11.5 Å². The molecule has 0 radical (unpaired) electrons. The standard InChI is InChI=1S/C21H22N2O3S2/c1-23(11-12-26-18-9-7-17(25-2)8-10-18)21(24)19-5-3-4-6-20(19)28-14-16-13-27-15-22-16/h3-10,13,15H,11-12,14H2,1-2H3. The third-order valence-corrected chi connectivity index (χ3v) is 5.82. The molecule has 2 aromatic carbocycles. The number of carbonyl (C=O) groups excluding carboxylic acids is 1. The highest BCUT2D eigenvalue weighted by atomic mass is 32.2. The van der Waals surface area contributed by atoms with Gasteiger partial charge in [-0.15, -0.1) is 23.1 Å². The molecule has 0 bridgehead atoms. The maximum atomic E-state index is 12.9. The predicted molar refractivity (Wildman–Crippen MR) is 114 cm³/mol. The molecule has 0 fully saturated rings. The van der Waals surface area contributed by atoms with Crippen molar-refractivity contribution in [2.24, 2.45) is 0 Å². The fourth-order valence-electron chi connectivity index (χ4n) is 2.51. The van der Waals surface area contributed by atoms with E-state index >= 15 is 0 Å². The highest BCUT2D eigenvalue weighted by Gasteiger charge is 2.16. The SMILES string of the molecule is COc1ccc(OCCN(C)C(=O)c2ccccc2SCc2cscn2)cc1. The van der Waals surface area contributed by atoms with Crippen LogP contribution in [0.1, 0.15) is 16.1 Å². The first-order chi connectivity index (χ1) is 13.7. The number of benzene rings is 2. The monoisotopic (exact) mass is 414 g/mol. The lowest BCUT2D eigenvalue weighted by Crippen LogP contribution is -2.31. The van der Waals surface area contributed by atoms with E-state index in [9.17, 15) is 4.79 Å². The van der Waals surface area contributed by atoms with Crippen LogP contribution in [0.2, 0.25) is 0 Å². The number of likely N-dealkylation sites (N-methyl/N-ethyl adjacent to an activating group) is 1. The number of aromatic nitrogens is 1.